The highest BCUT2D eigenvalue weighted by Gasteiger charge is 2.11. The lowest BCUT2D eigenvalue weighted by molar-refractivity contribution is -0.129. The molecule has 1 aliphatic rings. The van der Waals surface area contributed by atoms with E-state index < -0.39 is 0 Å². The quantitative estimate of drug-likeness (QED) is 0.879. The standard InChI is InChI=1S/C16H24N2O/c1-18(16(19)8-10-17)11-9-13-6-7-14-4-2-3-5-15(14)12-13/h6-7,12H,2-5,8-11,17H2,1H3. The van der Waals surface area contributed by atoms with Crippen molar-refractivity contribution in [1.82, 2.24) is 4.90 Å². The highest BCUT2D eigenvalue weighted by atomic mass is 16.2. The Hall–Kier alpha value is -1.35. The van der Waals surface area contributed by atoms with Gasteiger partial charge in [-0.1, -0.05) is 18.2 Å². The number of amides is 1. The Balaban J connectivity index is 1.91. The molecule has 0 saturated heterocycles. The van der Waals surface area contributed by atoms with Crippen molar-refractivity contribution in [3.05, 3.63) is 34.9 Å². The molecule has 0 bridgehead atoms. The van der Waals surface area contributed by atoms with Crippen LogP contribution in [0.5, 0.6) is 0 Å². The number of carbonyl (C=O) groups excluding carboxylic acids is 1. The Morgan fingerprint density at radius 3 is 2.74 bits per heavy atom. The van der Waals surface area contributed by atoms with Crippen LogP contribution in [0.4, 0.5) is 0 Å². The number of carbonyl (C=O) groups is 1. The fourth-order valence-corrected chi connectivity index (χ4v) is 2.68. The summed E-state index contributed by atoms with van der Waals surface area (Å²) in [7, 11) is 1.86. The zero-order valence-corrected chi connectivity index (χ0v) is 11.8. The van der Waals surface area contributed by atoms with Crippen LogP contribution in [-0.2, 0) is 24.1 Å². The summed E-state index contributed by atoms with van der Waals surface area (Å²) in [5.74, 6) is 0.139. The van der Waals surface area contributed by atoms with Gasteiger partial charge in [0.2, 0.25) is 5.91 Å². The molecule has 1 aromatic carbocycles. The van der Waals surface area contributed by atoms with Crippen LogP contribution in [0, 0.1) is 0 Å². The average Bonchev–Trinajstić information content (AvgIpc) is 2.44. The predicted molar refractivity (Wildman–Crippen MR) is 78.1 cm³/mol. The summed E-state index contributed by atoms with van der Waals surface area (Å²) in [5.41, 5.74) is 9.77. The van der Waals surface area contributed by atoms with Crippen LogP contribution in [0.3, 0.4) is 0 Å². The predicted octanol–water partition coefficient (Wildman–Crippen LogP) is 1.92. The van der Waals surface area contributed by atoms with Gasteiger partial charge in [-0.05, 0) is 48.8 Å². The minimum absolute atomic E-state index is 0.139. The van der Waals surface area contributed by atoms with Crippen molar-refractivity contribution in [2.45, 2.75) is 38.5 Å². The molecule has 3 nitrogen and oxygen atoms in total. The summed E-state index contributed by atoms with van der Waals surface area (Å²) in [6.45, 7) is 1.21. The molecule has 0 unspecified atom stereocenters. The third-order valence-corrected chi connectivity index (χ3v) is 3.93. The van der Waals surface area contributed by atoms with Gasteiger partial charge < -0.3 is 10.6 Å². The largest absolute Gasteiger partial charge is 0.345 e. The molecular weight excluding hydrogens is 236 g/mol. The molecule has 104 valence electrons. The first kappa shape index (κ1) is 14.1. The van der Waals surface area contributed by atoms with Crippen molar-refractivity contribution in [3.8, 4) is 0 Å². The van der Waals surface area contributed by atoms with E-state index in [0.717, 1.165) is 13.0 Å². The molecule has 2 rings (SSSR count). The van der Waals surface area contributed by atoms with Crippen molar-refractivity contribution in [2.24, 2.45) is 5.73 Å². The number of benzene rings is 1. The summed E-state index contributed by atoms with van der Waals surface area (Å²) in [6.07, 6.45) is 6.45. The molecular formula is C16H24N2O. The van der Waals surface area contributed by atoms with Gasteiger partial charge >= 0.3 is 0 Å². The lowest BCUT2D eigenvalue weighted by Crippen LogP contribution is -2.30. The van der Waals surface area contributed by atoms with Gasteiger partial charge in [0.25, 0.3) is 0 Å². The van der Waals surface area contributed by atoms with Crippen molar-refractivity contribution in [1.29, 1.82) is 0 Å². The second-order valence-corrected chi connectivity index (χ2v) is 5.41. The fraction of sp³-hybridized carbons (Fsp3) is 0.562. The smallest absolute Gasteiger partial charge is 0.223 e. The van der Waals surface area contributed by atoms with E-state index >= 15 is 0 Å². The van der Waals surface area contributed by atoms with E-state index in [1.165, 1.54) is 42.4 Å². The molecule has 0 radical (unpaired) electrons. The molecule has 0 aromatic heterocycles. The highest BCUT2D eigenvalue weighted by Crippen LogP contribution is 2.22. The number of fused-ring (bicyclic) bond motifs is 1. The Morgan fingerprint density at radius 1 is 1.26 bits per heavy atom. The van der Waals surface area contributed by atoms with Crippen LogP contribution in [0.25, 0.3) is 0 Å². The topological polar surface area (TPSA) is 46.3 Å². The summed E-state index contributed by atoms with van der Waals surface area (Å²) in [6, 6.07) is 6.81. The third-order valence-electron chi connectivity index (χ3n) is 3.93. The Labute approximate surface area is 115 Å². The SMILES string of the molecule is CN(CCc1ccc2c(c1)CCCC2)C(=O)CCN. The number of nitrogens with zero attached hydrogens (tertiary/aromatic N) is 1. The van der Waals surface area contributed by atoms with Crippen LogP contribution >= 0.6 is 0 Å². The van der Waals surface area contributed by atoms with Gasteiger partial charge in [0.05, 0.1) is 0 Å². The molecule has 3 heteroatoms. The zero-order chi connectivity index (χ0) is 13.7. The number of rotatable bonds is 5. The minimum Gasteiger partial charge on any atom is -0.345 e. The van der Waals surface area contributed by atoms with Crippen molar-refractivity contribution < 1.29 is 4.79 Å². The summed E-state index contributed by atoms with van der Waals surface area (Å²) < 4.78 is 0. The number of hydrogen-bond acceptors (Lipinski definition) is 2. The maximum Gasteiger partial charge on any atom is 0.223 e. The van der Waals surface area contributed by atoms with Gasteiger partial charge in [0.15, 0.2) is 0 Å². The van der Waals surface area contributed by atoms with E-state index in [1.54, 1.807) is 4.90 Å². The van der Waals surface area contributed by atoms with Gasteiger partial charge in [-0.3, -0.25) is 4.79 Å². The molecule has 0 atom stereocenters. The Morgan fingerprint density at radius 2 is 2.00 bits per heavy atom. The van der Waals surface area contributed by atoms with Gasteiger partial charge in [0.1, 0.15) is 0 Å². The normalized spacial score (nSPS) is 14.0. The van der Waals surface area contributed by atoms with Crippen LogP contribution in [0.15, 0.2) is 18.2 Å². The first-order valence-electron chi connectivity index (χ1n) is 7.25. The molecule has 1 aromatic rings. The number of nitrogens with two attached hydrogens (primary N) is 1. The van der Waals surface area contributed by atoms with Gasteiger partial charge in [-0.2, -0.15) is 0 Å². The molecule has 0 aliphatic heterocycles. The van der Waals surface area contributed by atoms with Gasteiger partial charge in [-0.15, -0.1) is 0 Å². The van der Waals surface area contributed by atoms with Gasteiger partial charge in [0, 0.05) is 26.6 Å². The van der Waals surface area contributed by atoms with Crippen LogP contribution < -0.4 is 5.73 Å². The first-order valence-corrected chi connectivity index (χ1v) is 7.25. The van der Waals surface area contributed by atoms with Crippen molar-refractivity contribution >= 4 is 5.91 Å². The lowest BCUT2D eigenvalue weighted by atomic mass is 9.90. The molecule has 19 heavy (non-hydrogen) atoms. The maximum atomic E-state index is 11.6. The van der Waals surface area contributed by atoms with E-state index in [-0.39, 0.29) is 5.91 Å². The maximum absolute atomic E-state index is 11.6. The fourth-order valence-electron chi connectivity index (χ4n) is 2.68. The van der Waals surface area contributed by atoms with E-state index in [2.05, 4.69) is 18.2 Å². The minimum atomic E-state index is 0.139. The second kappa shape index (κ2) is 6.71. The molecule has 0 fully saturated rings. The Bertz CT molecular complexity index is 442. The van der Waals surface area contributed by atoms with Crippen LogP contribution in [-0.4, -0.2) is 30.9 Å². The number of likely N-dealkylation sites (N-methyl/N-ethyl adjacent to an activating group) is 1. The summed E-state index contributed by atoms with van der Waals surface area (Å²) in [4.78, 5) is 13.4. The van der Waals surface area contributed by atoms with Crippen molar-refractivity contribution in [2.75, 3.05) is 20.1 Å². The highest BCUT2D eigenvalue weighted by molar-refractivity contribution is 5.76. The number of aryl methyl sites for hydroxylation is 2. The molecule has 2 N–H and O–H groups in total. The molecule has 0 heterocycles. The summed E-state index contributed by atoms with van der Waals surface area (Å²) in [5, 5.41) is 0. The molecule has 1 amide bonds. The van der Waals surface area contributed by atoms with E-state index in [0.29, 0.717) is 13.0 Å². The Kier molecular flexibility index (Phi) is 4.97. The monoisotopic (exact) mass is 260 g/mol. The van der Waals surface area contributed by atoms with Crippen LogP contribution in [0.2, 0.25) is 0 Å². The van der Waals surface area contributed by atoms with Gasteiger partial charge in [-0.25, -0.2) is 0 Å². The second-order valence-electron chi connectivity index (χ2n) is 5.41. The first-order chi connectivity index (χ1) is 9.20. The van der Waals surface area contributed by atoms with E-state index in [1.807, 2.05) is 7.05 Å². The van der Waals surface area contributed by atoms with Crippen molar-refractivity contribution in [3.63, 3.8) is 0 Å². The molecule has 0 spiro atoms. The molecule has 1 aliphatic carbocycles. The number of hydrogen-bond donors (Lipinski definition) is 1. The summed E-state index contributed by atoms with van der Waals surface area (Å²) >= 11 is 0. The average molecular weight is 260 g/mol. The lowest BCUT2D eigenvalue weighted by Gasteiger charge is -2.19. The zero-order valence-electron chi connectivity index (χ0n) is 11.8. The third kappa shape index (κ3) is 3.80. The van der Waals surface area contributed by atoms with Crippen LogP contribution in [0.1, 0.15) is 36.0 Å². The molecule has 0 saturated carbocycles. The van der Waals surface area contributed by atoms with E-state index in [9.17, 15) is 4.79 Å². The van der Waals surface area contributed by atoms with E-state index in [4.69, 9.17) is 5.73 Å².